The van der Waals surface area contributed by atoms with Crippen LogP contribution in [0.5, 0.6) is 0 Å². The number of hydrogen-bond acceptors (Lipinski definition) is 16. The third kappa shape index (κ3) is 16.6. The highest BCUT2D eigenvalue weighted by Gasteiger charge is 2.53. The minimum atomic E-state index is -2.46. The van der Waals surface area contributed by atoms with Crippen LogP contribution in [-0.2, 0) is 61.9 Å². The molecule has 5 fully saturated rings. The number of esters is 1. The number of aliphatic hydroxyl groups excluding tert-OH is 1. The lowest BCUT2D eigenvalue weighted by Crippen LogP contribution is -2.66. The number of likely N-dealkylation sites (tertiary alicyclic amines) is 1. The first-order valence-corrected chi connectivity index (χ1v) is 28.7. The first-order valence-electron chi connectivity index (χ1n) is 28.7. The second-order valence-electron chi connectivity index (χ2n) is 23.8. The monoisotopic (exact) mass is 1080 g/mol. The summed E-state index contributed by atoms with van der Waals surface area (Å²) in [5.74, 6) is -7.92. The molecule has 1 amide bonds. The zero-order valence-corrected chi connectivity index (χ0v) is 48.0. The van der Waals surface area contributed by atoms with Gasteiger partial charge >= 0.3 is 5.97 Å². The third-order valence-electron chi connectivity index (χ3n) is 17.4. The molecule has 5 heterocycles. The van der Waals surface area contributed by atoms with Crippen LogP contribution < -0.4 is 0 Å². The average molecular weight is 1080 g/mol. The van der Waals surface area contributed by atoms with E-state index >= 15 is 0 Å². The first kappa shape index (κ1) is 62.7. The second kappa shape index (κ2) is 29.3. The lowest BCUT2D eigenvalue weighted by atomic mass is 9.78. The Kier molecular flexibility index (Phi) is 23.9. The Morgan fingerprint density at radius 2 is 1.57 bits per heavy atom. The molecule has 2 N–H and O–H groups in total. The minimum absolute atomic E-state index is 0.00447. The van der Waals surface area contributed by atoms with Crippen molar-refractivity contribution in [3.8, 4) is 0 Å². The van der Waals surface area contributed by atoms with Gasteiger partial charge in [0.2, 0.25) is 5.79 Å². The van der Waals surface area contributed by atoms with E-state index in [4.69, 9.17) is 37.9 Å². The average Bonchev–Trinajstić information content (AvgIpc) is 3.40. The fourth-order valence-electron chi connectivity index (χ4n) is 12.4. The number of ketones is 3. The molecule has 1 unspecified atom stereocenters. The van der Waals surface area contributed by atoms with E-state index in [0.29, 0.717) is 62.7 Å². The van der Waals surface area contributed by atoms with Crippen molar-refractivity contribution in [2.45, 2.75) is 180 Å². The fraction of sp³-hybridized carbons (Fsp3) is 0.783. The Balaban J connectivity index is 1.24. The summed E-state index contributed by atoms with van der Waals surface area (Å²) in [5.41, 5.74) is 1.60. The standard InChI is InChI=1S/C60H94N2O15/c1-38-16-12-11-13-17-39(2)50(75-27-26-70-8)32-46-21-19-44(7)60(69,77-46)56(66)57(67)62-23-15-14-18-47(62)58(68)76-51(33-48(63)40(3)29-43(6)54(65)55(72-10)53(64)42(5)28-38)41(4)30-45-20-22-49(52(31-45)71-9)74-25-24-61-34-59(35-61)36-73-37-59/h11-13,16-17,29,38,40-42,44-47,49-52,54-55,65,69H,14-15,18-28,30-37H2,1-10H3/b13-11+,16-12+,39-17+,43-29+/t38-,40-,41-,42-,44-,45+,46+,47?,49-,50+,51+,52-,54-,55+,60-/m1/s1. The summed E-state index contributed by atoms with van der Waals surface area (Å²) in [5, 5.41) is 23.7. The number of fused-ring (bicyclic) bond motifs is 3. The highest BCUT2D eigenvalue weighted by atomic mass is 16.6. The van der Waals surface area contributed by atoms with Crippen molar-refractivity contribution >= 4 is 29.2 Å². The molecular weight excluding hydrogens is 989 g/mol. The van der Waals surface area contributed by atoms with Gasteiger partial charge in [0.25, 0.3) is 11.7 Å². The van der Waals surface area contributed by atoms with Gasteiger partial charge < -0.3 is 53.0 Å². The molecule has 15 atom stereocenters. The summed E-state index contributed by atoms with van der Waals surface area (Å²) in [6.45, 7) is 18.8. The maximum absolute atomic E-state index is 14.7. The van der Waals surface area contributed by atoms with Crippen molar-refractivity contribution in [1.82, 2.24) is 9.80 Å². The summed E-state index contributed by atoms with van der Waals surface area (Å²) in [4.78, 5) is 75.5. The van der Waals surface area contributed by atoms with Gasteiger partial charge in [0.15, 0.2) is 5.78 Å². The minimum Gasteiger partial charge on any atom is -0.460 e. The molecule has 4 saturated heterocycles. The first-order chi connectivity index (χ1) is 36.7. The number of hydrogen-bond donors (Lipinski definition) is 2. The van der Waals surface area contributed by atoms with E-state index in [9.17, 15) is 34.2 Å². The summed E-state index contributed by atoms with van der Waals surface area (Å²) in [6, 6.07) is -1.15. The second-order valence-corrected chi connectivity index (χ2v) is 23.8. The molecule has 0 aromatic heterocycles. The van der Waals surface area contributed by atoms with Crippen LogP contribution in [0.4, 0.5) is 0 Å². The van der Waals surface area contributed by atoms with Crippen LogP contribution in [0.25, 0.3) is 0 Å². The van der Waals surface area contributed by atoms with Gasteiger partial charge in [0, 0.05) is 83.5 Å². The molecule has 17 nitrogen and oxygen atoms in total. The number of allylic oxidation sites excluding steroid dienone is 6. The van der Waals surface area contributed by atoms with Crippen LogP contribution in [0.2, 0.25) is 0 Å². The van der Waals surface area contributed by atoms with E-state index in [1.165, 1.54) is 12.0 Å². The van der Waals surface area contributed by atoms with E-state index in [-0.39, 0.29) is 73.9 Å². The number of amides is 1. The fourth-order valence-corrected chi connectivity index (χ4v) is 12.4. The molecule has 0 radical (unpaired) electrons. The Hall–Kier alpha value is -3.49. The molecule has 17 heteroatoms. The molecular formula is C60H94N2O15. The molecule has 6 aliphatic rings. The van der Waals surface area contributed by atoms with Gasteiger partial charge in [-0.25, -0.2) is 4.79 Å². The molecule has 1 saturated carbocycles. The van der Waals surface area contributed by atoms with Crippen LogP contribution in [0.1, 0.15) is 126 Å². The van der Waals surface area contributed by atoms with E-state index in [0.717, 1.165) is 57.7 Å². The molecule has 1 spiro atoms. The zero-order chi connectivity index (χ0) is 56.0. The largest absolute Gasteiger partial charge is 0.460 e. The molecule has 77 heavy (non-hydrogen) atoms. The van der Waals surface area contributed by atoms with Gasteiger partial charge in [0.05, 0.1) is 57.5 Å². The van der Waals surface area contributed by atoms with E-state index < -0.39 is 77.8 Å². The van der Waals surface area contributed by atoms with E-state index in [1.54, 1.807) is 41.1 Å². The number of rotatable bonds is 13. The van der Waals surface area contributed by atoms with Gasteiger partial charge in [-0.3, -0.25) is 24.1 Å². The smallest absolute Gasteiger partial charge is 0.329 e. The van der Waals surface area contributed by atoms with Crippen LogP contribution >= 0.6 is 0 Å². The third-order valence-corrected chi connectivity index (χ3v) is 17.4. The van der Waals surface area contributed by atoms with Crippen molar-refractivity contribution in [1.29, 1.82) is 0 Å². The predicted molar refractivity (Wildman–Crippen MR) is 289 cm³/mol. The van der Waals surface area contributed by atoms with Crippen molar-refractivity contribution in [2.75, 3.05) is 80.5 Å². The number of carbonyl (C=O) groups excluding carboxylic acids is 5. The SMILES string of the molecule is COCCO[C@H]1C[C@@H]2CC[C@@H](C)[C@@](O)(O2)C(=O)C(=O)N2CCCCC2C(=O)O[C@H]([C@H](C)C[C@@H]2CC[C@@H](OCCN3CC4(COC4)C3)[C@H](OC)C2)CC(=O)[C@H](C)/C=C(\C)[C@@H](O)[C@@H](OC)C(=O)[C@H](C)C[C@H](C)/C=C/C=C/C=C/1C. The van der Waals surface area contributed by atoms with Gasteiger partial charge in [0.1, 0.15) is 30.1 Å². The highest BCUT2D eigenvalue weighted by molar-refractivity contribution is 6.39. The van der Waals surface area contributed by atoms with Crippen LogP contribution in [-0.4, -0.2) is 184 Å². The maximum atomic E-state index is 14.7. The van der Waals surface area contributed by atoms with Gasteiger partial charge in [-0.05, 0) is 107 Å². The molecule has 2 bridgehead atoms. The maximum Gasteiger partial charge on any atom is 0.329 e. The summed E-state index contributed by atoms with van der Waals surface area (Å²) in [7, 11) is 4.68. The molecule has 0 aromatic carbocycles. The molecule has 434 valence electrons. The zero-order valence-electron chi connectivity index (χ0n) is 48.0. The number of aliphatic hydroxyl groups is 2. The number of cyclic esters (lactones) is 1. The number of Topliss-reactive ketones (excluding diaryl/α,β-unsaturated/α-hetero) is 3. The molecule has 1 aliphatic carbocycles. The van der Waals surface area contributed by atoms with Crippen LogP contribution in [0.15, 0.2) is 47.6 Å². The molecule has 0 aromatic rings. The lowest BCUT2D eigenvalue weighted by Gasteiger charge is -2.55. The Morgan fingerprint density at radius 3 is 2.26 bits per heavy atom. The summed E-state index contributed by atoms with van der Waals surface area (Å²) in [6.07, 6.45) is 12.4. The van der Waals surface area contributed by atoms with Crippen molar-refractivity contribution in [3.63, 3.8) is 0 Å². The number of methoxy groups -OCH3 is 3. The Bertz CT molecular complexity index is 2100. The van der Waals surface area contributed by atoms with E-state index in [1.807, 2.05) is 58.1 Å². The van der Waals surface area contributed by atoms with Gasteiger partial charge in [-0.1, -0.05) is 71.1 Å². The topological polar surface area (TPSA) is 206 Å². The molecule has 6 rings (SSSR count). The van der Waals surface area contributed by atoms with Gasteiger partial charge in [-0.15, -0.1) is 0 Å². The lowest BCUT2D eigenvalue weighted by molar-refractivity contribution is -0.266. The van der Waals surface area contributed by atoms with Crippen molar-refractivity contribution < 1.29 is 72.1 Å². The summed E-state index contributed by atoms with van der Waals surface area (Å²) >= 11 is 0. The highest BCUT2D eigenvalue weighted by Crippen LogP contribution is 2.40. The normalized spacial score (nSPS) is 38.5. The van der Waals surface area contributed by atoms with Gasteiger partial charge in [-0.2, -0.15) is 0 Å². The number of piperidine rings is 1. The number of ether oxygens (including phenoxy) is 8. The molecule has 5 aliphatic heterocycles. The Morgan fingerprint density at radius 1 is 0.818 bits per heavy atom. The van der Waals surface area contributed by atoms with E-state index in [2.05, 4.69) is 4.90 Å². The predicted octanol–water partition coefficient (Wildman–Crippen LogP) is 6.55. The number of carbonyl (C=O) groups is 5. The van der Waals surface area contributed by atoms with Crippen molar-refractivity contribution in [3.05, 3.63) is 47.6 Å². The van der Waals surface area contributed by atoms with Crippen LogP contribution in [0, 0.1) is 40.9 Å². The Labute approximate surface area is 458 Å². The number of nitrogens with zero attached hydrogens (tertiary/aromatic N) is 2. The summed E-state index contributed by atoms with van der Waals surface area (Å²) < 4.78 is 47.7. The quantitative estimate of drug-likeness (QED) is 0.0868. The van der Waals surface area contributed by atoms with Crippen molar-refractivity contribution in [2.24, 2.45) is 40.9 Å². The van der Waals surface area contributed by atoms with Crippen LogP contribution in [0.3, 0.4) is 0 Å².